The van der Waals surface area contributed by atoms with Crippen LogP contribution in [0.3, 0.4) is 0 Å². The average molecular weight is 352 g/mol. The SMILES string of the molecule is CCCC(=O)Nc1ccc(-c2cc(-c3nccs3)ccc2OC)cc1. The Hall–Kier alpha value is -2.66. The van der Waals surface area contributed by atoms with Crippen LogP contribution < -0.4 is 10.1 Å². The van der Waals surface area contributed by atoms with E-state index in [1.165, 1.54) is 0 Å². The molecule has 4 nitrogen and oxygen atoms in total. The van der Waals surface area contributed by atoms with E-state index < -0.39 is 0 Å². The van der Waals surface area contributed by atoms with Gasteiger partial charge in [-0.1, -0.05) is 19.1 Å². The van der Waals surface area contributed by atoms with Crippen molar-refractivity contribution in [2.24, 2.45) is 0 Å². The Morgan fingerprint density at radius 3 is 2.56 bits per heavy atom. The normalized spacial score (nSPS) is 10.5. The first-order chi connectivity index (χ1) is 12.2. The third-order valence-corrected chi connectivity index (χ3v) is 4.66. The third-order valence-electron chi connectivity index (χ3n) is 3.84. The Morgan fingerprint density at radius 2 is 1.92 bits per heavy atom. The van der Waals surface area contributed by atoms with E-state index in [0.717, 1.165) is 39.6 Å². The van der Waals surface area contributed by atoms with E-state index in [1.54, 1.807) is 24.6 Å². The quantitative estimate of drug-likeness (QED) is 0.661. The van der Waals surface area contributed by atoms with Gasteiger partial charge in [0.15, 0.2) is 0 Å². The highest BCUT2D eigenvalue weighted by Gasteiger charge is 2.10. The molecule has 25 heavy (non-hydrogen) atoms. The number of amides is 1. The van der Waals surface area contributed by atoms with Crippen LogP contribution in [0.4, 0.5) is 5.69 Å². The molecule has 0 aliphatic heterocycles. The summed E-state index contributed by atoms with van der Waals surface area (Å²) in [4.78, 5) is 16.1. The Labute approximate surface area is 151 Å². The standard InChI is InChI=1S/C20H20N2O2S/c1-3-4-19(23)22-16-8-5-14(6-9-16)17-13-15(7-10-18(17)24-2)20-21-11-12-25-20/h5-13H,3-4H2,1-2H3,(H,22,23). The van der Waals surface area contributed by atoms with Gasteiger partial charge in [0.1, 0.15) is 10.8 Å². The van der Waals surface area contributed by atoms with Crippen LogP contribution in [-0.2, 0) is 4.79 Å². The molecule has 0 atom stereocenters. The van der Waals surface area contributed by atoms with E-state index in [0.29, 0.717) is 6.42 Å². The van der Waals surface area contributed by atoms with Crippen molar-refractivity contribution >= 4 is 22.9 Å². The zero-order chi connectivity index (χ0) is 17.6. The lowest BCUT2D eigenvalue weighted by Crippen LogP contribution is -2.10. The number of nitrogens with one attached hydrogen (secondary N) is 1. The summed E-state index contributed by atoms with van der Waals surface area (Å²) in [5.41, 5.74) is 3.90. The summed E-state index contributed by atoms with van der Waals surface area (Å²) in [5.74, 6) is 0.849. The topological polar surface area (TPSA) is 51.2 Å². The first-order valence-electron chi connectivity index (χ1n) is 8.19. The number of thiazole rings is 1. The lowest BCUT2D eigenvalue weighted by molar-refractivity contribution is -0.116. The number of carbonyl (C=O) groups excluding carboxylic acids is 1. The molecule has 128 valence electrons. The van der Waals surface area contributed by atoms with Crippen molar-refractivity contribution in [2.45, 2.75) is 19.8 Å². The molecule has 0 saturated carbocycles. The van der Waals surface area contributed by atoms with Crippen molar-refractivity contribution in [2.75, 3.05) is 12.4 Å². The number of nitrogens with zero attached hydrogens (tertiary/aromatic N) is 1. The number of ether oxygens (including phenoxy) is 1. The highest BCUT2D eigenvalue weighted by Crippen LogP contribution is 2.35. The highest BCUT2D eigenvalue weighted by atomic mass is 32.1. The number of aromatic nitrogens is 1. The molecule has 1 amide bonds. The van der Waals surface area contributed by atoms with Crippen molar-refractivity contribution in [3.63, 3.8) is 0 Å². The molecule has 1 aromatic heterocycles. The summed E-state index contributed by atoms with van der Waals surface area (Å²) in [5, 5.41) is 5.85. The van der Waals surface area contributed by atoms with Gasteiger partial charge in [-0.05, 0) is 42.3 Å². The van der Waals surface area contributed by atoms with Crippen molar-refractivity contribution in [3.8, 4) is 27.4 Å². The molecule has 0 unspecified atom stereocenters. The van der Waals surface area contributed by atoms with Gasteiger partial charge in [-0.2, -0.15) is 0 Å². The fraction of sp³-hybridized carbons (Fsp3) is 0.200. The summed E-state index contributed by atoms with van der Waals surface area (Å²) >= 11 is 1.61. The molecule has 3 rings (SSSR count). The second kappa shape index (κ2) is 7.94. The van der Waals surface area contributed by atoms with Gasteiger partial charge in [0, 0.05) is 34.8 Å². The maximum absolute atomic E-state index is 11.7. The van der Waals surface area contributed by atoms with E-state index in [1.807, 2.05) is 48.7 Å². The molecule has 0 aliphatic rings. The molecule has 0 saturated heterocycles. The molecule has 1 heterocycles. The van der Waals surface area contributed by atoms with Gasteiger partial charge in [0.2, 0.25) is 5.91 Å². The number of methoxy groups -OCH3 is 1. The third kappa shape index (κ3) is 4.06. The molecule has 3 aromatic rings. The minimum absolute atomic E-state index is 0.0404. The van der Waals surface area contributed by atoms with Crippen LogP contribution in [0.5, 0.6) is 5.75 Å². The molecule has 5 heteroatoms. The zero-order valence-corrected chi connectivity index (χ0v) is 15.1. The summed E-state index contributed by atoms with van der Waals surface area (Å²) in [6.45, 7) is 1.99. The molecule has 0 fully saturated rings. The smallest absolute Gasteiger partial charge is 0.224 e. The maximum atomic E-state index is 11.7. The zero-order valence-electron chi connectivity index (χ0n) is 14.3. The monoisotopic (exact) mass is 352 g/mol. The summed E-state index contributed by atoms with van der Waals surface area (Å²) in [6, 6.07) is 13.9. The highest BCUT2D eigenvalue weighted by molar-refractivity contribution is 7.13. The minimum atomic E-state index is 0.0404. The van der Waals surface area contributed by atoms with Crippen LogP contribution in [0.1, 0.15) is 19.8 Å². The summed E-state index contributed by atoms with van der Waals surface area (Å²) < 4.78 is 5.51. The lowest BCUT2D eigenvalue weighted by atomic mass is 10.0. The molecule has 2 aromatic carbocycles. The second-order valence-electron chi connectivity index (χ2n) is 5.63. The van der Waals surface area contributed by atoms with Gasteiger partial charge in [-0.3, -0.25) is 4.79 Å². The predicted molar refractivity (Wildman–Crippen MR) is 103 cm³/mol. The van der Waals surface area contributed by atoms with Crippen LogP contribution in [0.15, 0.2) is 54.0 Å². The minimum Gasteiger partial charge on any atom is -0.496 e. The number of hydrogen-bond acceptors (Lipinski definition) is 4. The van der Waals surface area contributed by atoms with Crippen LogP contribution in [0.25, 0.3) is 21.7 Å². The van der Waals surface area contributed by atoms with E-state index >= 15 is 0 Å². The van der Waals surface area contributed by atoms with Crippen LogP contribution in [-0.4, -0.2) is 18.0 Å². The van der Waals surface area contributed by atoms with Crippen molar-refractivity contribution in [1.82, 2.24) is 4.98 Å². The van der Waals surface area contributed by atoms with Gasteiger partial charge in [0.25, 0.3) is 0 Å². The molecule has 0 spiro atoms. The molecular formula is C20H20N2O2S. The fourth-order valence-corrected chi connectivity index (χ4v) is 3.25. The summed E-state index contributed by atoms with van der Waals surface area (Å²) in [6.07, 6.45) is 3.17. The second-order valence-corrected chi connectivity index (χ2v) is 6.52. The van der Waals surface area contributed by atoms with Crippen molar-refractivity contribution in [3.05, 3.63) is 54.0 Å². The lowest BCUT2D eigenvalue weighted by Gasteiger charge is -2.11. The van der Waals surface area contributed by atoms with Crippen molar-refractivity contribution < 1.29 is 9.53 Å². The Kier molecular flexibility index (Phi) is 5.46. The van der Waals surface area contributed by atoms with Gasteiger partial charge < -0.3 is 10.1 Å². The van der Waals surface area contributed by atoms with Crippen molar-refractivity contribution in [1.29, 1.82) is 0 Å². The molecule has 0 radical (unpaired) electrons. The van der Waals surface area contributed by atoms with E-state index in [-0.39, 0.29) is 5.91 Å². The first-order valence-corrected chi connectivity index (χ1v) is 9.07. The number of rotatable bonds is 6. The summed E-state index contributed by atoms with van der Waals surface area (Å²) in [7, 11) is 1.67. The molecule has 0 aliphatic carbocycles. The predicted octanol–water partition coefficient (Wildman–Crippen LogP) is 5.22. The Bertz CT molecular complexity index is 843. The number of hydrogen-bond donors (Lipinski definition) is 1. The van der Waals surface area contributed by atoms with Crippen LogP contribution in [0, 0.1) is 0 Å². The van der Waals surface area contributed by atoms with Gasteiger partial charge in [-0.25, -0.2) is 4.98 Å². The van der Waals surface area contributed by atoms with E-state index in [4.69, 9.17) is 4.74 Å². The van der Waals surface area contributed by atoms with Gasteiger partial charge in [0.05, 0.1) is 7.11 Å². The van der Waals surface area contributed by atoms with E-state index in [9.17, 15) is 4.79 Å². The van der Waals surface area contributed by atoms with Gasteiger partial charge in [-0.15, -0.1) is 11.3 Å². The number of carbonyl (C=O) groups is 1. The number of benzene rings is 2. The molecule has 1 N–H and O–H groups in total. The Balaban J connectivity index is 1.90. The number of anilines is 1. The molecular weight excluding hydrogens is 332 g/mol. The van der Waals surface area contributed by atoms with Crippen LogP contribution in [0.2, 0.25) is 0 Å². The first kappa shape index (κ1) is 17.2. The molecule has 0 bridgehead atoms. The Morgan fingerprint density at radius 1 is 1.16 bits per heavy atom. The maximum Gasteiger partial charge on any atom is 0.224 e. The average Bonchev–Trinajstić information content (AvgIpc) is 3.17. The van der Waals surface area contributed by atoms with E-state index in [2.05, 4.69) is 16.4 Å². The fourth-order valence-electron chi connectivity index (χ4n) is 2.62. The van der Waals surface area contributed by atoms with Crippen LogP contribution >= 0.6 is 11.3 Å². The van der Waals surface area contributed by atoms with Gasteiger partial charge >= 0.3 is 0 Å². The largest absolute Gasteiger partial charge is 0.496 e.